The number of aromatic nitrogens is 1. The summed E-state index contributed by atoms with van der Waals surface area (Å²) in [4.78, 5) is 37.0. The molecule has 0 aliphatic carbocycles. The first-order chi connectivity index (χ1) is 15.7. The van der Waals surface area contributed by atoms with Crippen molar-refractivity contribution in [2.24, 2.45) is 0 Å². The van der Waals surface area contributed by atoms with Gasteiger partial charge in [0.25, 0.3) is 16.8 Å². The van der Waals surface area contributed by atoms with Gasteiger partial charge in [0.1, 0.15) is 5.82 Å². The molecule has 0 spiro atoms. The van der Waals surface area contributed by atoms with Crippen molar-refractivity contribution in [3.63, 3.8) is 0 Å². The highest BCUT2D eigenvalue weighted by Gasteiger charge is 2.36. The van der Waals surface area contributed by atoms with Gasteiger partial charge in [0.05, 0.1) is 16.4 Å². The van der Waals surface area contributed by atoms with E-state index in [1.165, 1.54) is 30.3 Å². The lowest BCUT2D eigenvalue weighted by molar-refractivity contribution is -0.384. The molecule has 0 saturated carbocycles. The second-order valence-corrected chi connectivity index (χ2v) is 8.80. The van der Waals surface area contributed by atoms with E-state index in [-0.39, 0.29) is 27.7 Å². The molecule has 1 aliphatic rings. The number of hydrogen-bond donors (Lipinski definition) is 0. The summed E-state index contributed by atoms with van der Waals surface area (Å²) in [7, 11) is 0. The van der Waals surface area contributed by atoms with Crippen LogP contribution in [0.3, 0.4) is 0 Å². The Morgan fingerprint density at radius 2 is 1.85 bits per heavy atom. The number of nitrogens with zero attached hydrogens (tertiary/aromatic N) is 3. The summed E-state index contributed by atoms with van der Waals surface area (Å²) in [6.07, 6.45) is 1.62. The van der Waals surface area contributed by atoms with Gasteiger partial charge in [-0.25, -0.2) is 4.39 Å². The average Bonchev–Trinajstić information content (AvgIpc) is 3.19. The number of nitro groups is 1. The summed E-state index contributed by atoms with van der Waals surface area (Å²) in [6.45, 7) is 3.47. The predicted octanol–water partition coefficient (Wildman–Crippen LogP) is 6.03. The first kappa shape index (κ1) is 22.8. The summed E-state index contributed by atoms with van der Waals surface area (Å²) >= 11 is 6.83. The zero-order valence-corrected chi connectivity index (χ0v) is 19.1. The van der Waals surface area contributed by atoms with E-state index in [1.54, 1.807) is 18.2 Å². The molecule has 1 saturated heterocycles. The van der Waals surface area contributed by atoms with Gasteiger partial charge < -0.3 is 4.57 Å². The van der Waals surface area contributed by atoms with E-state index >= 15 is 0 Å². The van der Waals surface area contributed by atoms with Crippen LogP contribution in [0, 0.1) is 29.8 Å². The maximum atomic E-state index is 14.1. The maximum absolute atomic E-state index is 14.1. The third kappa shape index (κ3) is 4.29. The van der Waals surface area contributed by atoms with Crippen molar-refractivity contribution >= 4 is 46.3 Å². The van der Waals surface area contributed by atoms with Gasteiger partial charge in [-0.1, -0.05) is 17.7 Å². The molecule has 4 rings (SSSR count). The molecule has 1 fully saturated rings. The fourth-order valence-electron chi connectivity index (χ4n) is 3.67. The van der Waals surface area contributed by atoms with Crippen molar-refractivity contribution in [2.75, 3.05) is 0 Å². The molecule has 168 valence electrons. The monoisotopic (exact) mass is 485 g/mol. The molecule has 0 bridgehead atoms. The largest absolute Gasteiger partial charge is 0.318 e. The number of imide groups is 1. The lowest BCUT2D eigenvalue weighted by Gasteiger charge is -2.14. The number of rotatable bonds is 5. The Labute approximate surface area is 197 Å². The molecule has 7 nitrogen and oxygen atoms in total. The van der Waals surface area contributed by atoms with Crippen LogP contribution in [0.2, 0.25) is 5.02 Å². The summed E-state index contributed by atoms with van der Waals surface area (Å²) in [5.74, 6) is -1.11. The number of non-ortho nitro benzene ring substituents is 1. The maximum Gasteiger partial charge on any atom is 0.293 e. The summed E-state index contributed by atoms with van der Waals surface area (Å²) < 4.78 is 16.0. The van der Waals surface area contributed by atoms with Gasteiger partial charge in [-0.05, 0) is 67.6 Å². The first-order valence-electron chi connectivity index (χ1n) is 9.79. The third-order valence-corrected chi connectivity index (χ3v) is 6.59. The van der Waals surface area contributed by atoms with Crippen LogP contribution in [-0.2, 0) is 11.3 Å². The quantitative estimate of drug-likeness (QED) is 0.250. The fraction of sp³-hybridized carbons (Fsp3) is 0.130. The molecular formula is C23H17ClFN3O4S. The van der Waals surface area contributed by atoms with Crippen molar-refractivity contribution in [3.8, 4) is 5.69 Å². The predicted molar refractivity (Wildman–Crippen MR) is 125 cm³/mol. The summed E-state index contributed by atoms with van der Waals surface area (Å²) in [6, 6.07) is 12.2. The highest BCUT2D eigenvalue weighted by molar-refractivity contribution is 8.18. The second-order valence-electron chi connectivity index (χ2n) is 7.40. The van der Waals surface area contributed by atoms with Crippen molar-refractivity contribution in [2.45, 2.75) is 20.4 Å². The SMILES string of the molecule is Cc1cc(/C=C2\SC(=O)N(Cc3c(F)cccc3Cl)C2=O)c(C)n1-c1ccc([N+](=O)[O-])cc1. The molecule has 0 radical (unpaired) electrons. The van der Waals surface area contributed by atoms with E-state index < -0.39 is 21.9 Å². The van der Waals surface area contributed by atoms with Crippen LogP contribution in [0.25, 0.3) is 11.8 Å². The smallest absolute Gasteiger partial charge is 0.293 e. The average molecular weight is 486 g/mol. The Hall–Kier alpha value is -3.43. The van der Waals surface area contributed by atoms with E-state index in [9.17, 15) is 24.1 Å². The molecule has 10 heteroatoms. The molecular weight excluding hydrogens is 469 g/mol. The third-order valence-electron chi connectivity index (χ3n) is 5.33. The molecule has 1 aliphatic heterocycles. The number of nitro benzene ring substituents is 1. The zero-order valence-electron chi connectivity index (χ0n) is 17.5. The highest BCUT2D eigenvalue weighted by Crippen LogP contribution is 2.36. The van der Waals surface area contributed by atoms with Crippen LogP contribution in [0.1, 0.15) is 22.5 Å². The molecule has 2 heterocycles. The highest BCUT2D eigenvalue weighted by atomic mass is 35.5. The molecule has 0 unspecified atom stereocenters. The van der Waals surface area contributed by atoms with Crippen LogP contribution in [0.15, 0.2) is 53.4 Å². The molecule has 33 heavy (non-hydrogen) atoms. The zero-order chi connectivity index (χ0) is 23.9. The normalized spacial score (nSPS) is 15.0. The molecule has 0 atom stereocenters. The number of thioether (sulfide) groups is 1. The van der Waals surface area contributed by atoms with Gasteiger partial charge in [0.2, 0.25) is 0 Å². The fourth-order valence-corrected chi connectivity index (χ4v) is 4.73. The van der Waals surface area contributed by atoms with Crippen LogP contribution in [0.4, 0.5) is 14.9 Å². The summed E-state index contributed by atoms with van der Waals surface area (Å²) in [5.41, 5.74) is 3.18. The van der Waals surface area contributed by atoms with Crippen LogP contribution in [0.5, 0.6) is 0 Å². The number of aryl methyl sites for hydroxylation is 1. The van der Waals surface area contributed by atoms with Crippen molar-refractivity contribution < 1.29 is 18.9 Å². The number of hydrogen-bond acceptors (Lipinski definition) is 5. The van der Waals surface area contributed by atoms with Gasteiger partial charge in [0, 0.05) is 39.8 Å². The van der Waals surface area contributed by atoms with Crippen molar-refractivity contribution in [1.29, 1.82) is 0 Å². The molecule has 2 amide bonds. The van der Waals surface area contributed by atoms with E-state index in [2.05, 4.69) is 0 Å². The van der Waals surface area contributed by atoms with E-state index in [1.807, 2.05) is 24.5 Å². The van der Waals surface area contributed by atoms with Gasteiger partial charge in [-0.3, -0.25) is 24.6 Å². The van der Waals surface area contributed by atoms with E-state index in [4.69, 9.17) is 11.6 Å². The van der Waals surface area contributed by atoms with Crippen LogP contribution in [-0.4, -0.2) is 25.5 Å². The van der Waals surface area contributed by atoms with Gasteiger partial charge in [-0.15, -0.1) is 0 Å². The lowest BCUT2D eigenvalue weighted by Crippen LogP contribution is -2.28. The number of halogens is 2. The second kappa shape index (κ2) is 8.84. The van der Waals surface area contributed by atoms with E-state index in [0.717, 1.165) is 39.3 Å². The molecule has 3 aromatic rings. The van der Waals surface area contributed by atoms with Gasteiger partial charge >= 0.3 is 0 Å². The Morgan fingerprint density at radius 1 is 1.15 bits per heavy atom. The number of carbonyl (C=O) groups is 2. The Balaban J connectivity index is 1.63. The first-order valence-corrected chi connectivity index (χ1v) is 11.0. The van der Waals surface area contributed by atoms with E-state index in [0.29, 0.717) is 0 Å². The summed E-state index contributed by atoms with van der Waals surface area (Å²) in [5, 5.41) is 10.6. The van der Waals surface area contributed by atoms with Gasteiger partial charge in [0.15, 0.2) is 0 Å². The number of carbonyl (C=O) groups excluding carboxylic acids is 2. The molecule has 1 aromatic heterocycles. The van der Waals surface area contributed by atoms with Crippen LogP contribution < -0.4 is 0 Å². The van der Waals surface area contributed by atoms with Gasteiger partial charge in [-0.2, -0.15) is 0 Å². The number of benzene rings is 2. The Morgan fingerprint density at radius 3 is 2.48 bits per heavy atom. The minimum atomic E-state index is -0.586. The molecule has 2 aromatic carbocycles. The Kier molecular flexibility index (Phi) is 6.09. The Bertz CT molecular complexity index is 1310. The molecule has 0 N–H and O–H groups in total. The minimum absolute atomic E-state index is 0.00920. The topological polar surface area (TPSA) is 85.5 Å². The minimum Gasteiger partial charge on any atom is -0.318 e. The van der Waals surface area contributed by atoms with Crippen molar-refractivity contribution in [3.05, 3.63) is 96.9 Å². The van der Waals surface area contributed by atoms with Crippen molar-refractivity contribution in [1.82, 2.24) is 9.47 Å². The van der Waals surface area contributed by atoms with Crippen LogP contribution >= 0.6 is 23.4 Å². The lowest BCUT2D eigenvalue weighted by atomic mass is 10.2. The number of amides is 2. The standard InChI is InChI=1S/C23H17ClFN3O4S/c1-13-10-15(14(2)27(13)16-6-8-17(9-7-16)28(31)32)11-21-22(29)26(23(30)33-21)12-18-19(24)4-3-5-20(18)25/h3-11H,12H2,1-2H3/b21-11-.